The van der Waals surface area contributed by atoms with Gasteiger partial charge in [-0.05, 0) is 0 Å². The third kappa shape index (κ3) is 1.27. The first-order valence-electron chi connectivity index (χ1n) is 3.20. The Hall–Kier alpha value is -0.515. The Kier molecular flexibility index (Phi) is 2.22. The molecular weight excluding hydrogens is 147 g/mol. The van der Waals surface area contributed by atoms with Gasteiger partial charge in [0.1, 0.15) is 26.3 Å². The molecule has 0 aromatic carbocycles. The fourth-order valence-electron chi connectivity index (χ4n) is 0.902. The molecule has 1 saturated heterocycles. The molecule has 4 nitrogen and oxygen atoms in total. The molecule has 3 N–H and O–H groups in total. The van der Waals surface area contributed by atoms with Gasteiger partial charge in [-0.15, -0.1) is 0 Å². The average molecular weight is 156 g/mol. The molecule has 2 atom stereocenters. The lowest BCUT2D eigenvalue weighted by atomic mass is 9.97. The van der Waals surface area contributed by atoms with Gasteiger partial charge in [0.25, 0.3) is 0 Å². The van der Waals surface area contributed by atoms with Gasteiger partial charge in [-0.2, -0.15) is 0 Å². The second-order valence-electron chi connectivity index (χ2n) is 2.52. The van der Waals surface area contributed by atoms with Crippen LogP contribution in [-0.4, -0.2) is 48.1 Å². The number of rotatable bonds is 1. The van der Waals surface area contributed by atoms with E-state index < -0.39 is 18.3 Å². The van der Waals surface area contributed by atoms with E-state index in [0.717, 1.165) is 5.98 Å². The van der Waals surface area contributed by atoms with Crippen molar-refractivity contribution >= 4 is 7.85 Å². The van der Waals surface area contributed by atoms with Gasteiger partial charge in [-0.25, -0.2) is 0 Å². The van der Waals surface area contributed by atoms with Crippen molar-refractivity contribution in [3.8, 4) is 0 Å². The van der Waals surface area contributed by atoms with Crippen LogP contribution >= 0.6 is 0 Å². The Bertz CT molecular complexity index is 181. The summed E-state index contributed by atoms with van der Waals surface area (Å²) in [7, 11) is 5.06. The topological polar surface area (TPSA) is 69.9 Å². The van der Waals surface area contributed by atoms with Crippen molar-refractivity contribution in [2.45, 2.75) is 11.7 Å². The fraction of sp³-hybridized carbons (Fsp3) is 0.667. The van der Waals surface area contributed by atoms with E-state index in [2.05, 4.69) is 0 Å². The predicted octanol–water partition coefficient (Wildman–Crippen LogP) is -1.89. The lowest BCUT2D eigenvalue weighted by Crippen LogP contribution is -2.44. The summed E-state index contributed by atoms with van der Waals surface area (Å²) < 4.78 is 4.80. The van der Waals surface area contributed by atoms with Gasteiger partial charge in [0.15, 0.2) is 5.60 Å². The summed E-state index contributed by atoms with van der Waals surface area (Å²) in [5.41, 5.74) is -1.59. The molecule has 0 aromatic rings. The van der Waals surface area contributed by atoms with Crippen LogP contribution in [0.25, 0.3) is 0 Å². The molecule has 11 heavy (non-hydrogen) atoms. The first kappa shape index (κ1) is 8.58. The van der Waals surface area contributed by atoms with Crippen LogP contribution in [0, 0.1) is 0 Å². The summed E-state index contributed by atoms with van der Waals surface area (Å²) in [5, 5.41) is 27.2. The van der Waals surface area contributed by atoms with Crippen molar-refractivity contribution in [1.82, 2.24) is 0 Å². The summed E-state index contributed by atoms with van der Waals surface area (Å²) in [5.74, 6) is 1.17. The third-order valence-electron chi connectivity index (χ3n) is 1.71. The van der Waals surface area contributed by atoms with Crippen molar-refractivity contribution in [2.24, 2.45) is 0 Å². The molecule has 1 rings (SSSR count). The maximum absolute atomic E-state index is 9.35. The summed E-state index contributed by atoms with van der Waals surface area (Å²) in [4.78, 5) is 0. The Balaban J connectivity index is 2.77. The Labute approximate surface area is 65.5 Å². The predicted molar refractivity (Wildman–Crippen MR) is 37.8 cm³/mol. The fourth-order valence-corrected chi connectivity index (χ4v) is 0.902. The first-order valence-corrected chi connectivity index (χ1v) is 3.20. The van der Waals surface area contributed by atoms with Crippen LogP contribution in [0.4, 0.5) is 0 Å². The molecule has 0 amide bonds. The van der Waals surface area contributed by atoms with Gasteiger partial charge < -0.3 is 20.1 Å². The van der Waals surface area contributed by atoms with Crippen LogP contribution in [0.5, 0.6) is 0 Å². The zero-order valence-corrected chi connectivity index (χ0v) is 5.90. The second-order valence-corrected chi connectivity index (χ2v) is 2.52. The highest BCUT2D eigenvalue weighted by Crippen LogP contribution is 2.26. The molecule has 0 spiro atoms. The van der Waals surface area contributed by atoms with E-state index in [4.69, 9.17) is 17.7 Å². The third-order valence-corrected chi connectivity index (χ3v) is 1.71. The van der Waals surface area contributed by atoms with Crippen LogP contribution in [0.2, 0.25) is 0 Å². The van der Waals surface area contributed by atoms with E-state index in [9.17, 15) is 10.2 Å². The molecule has 0 aromatic heterocycles. The number of hydrogen-bond acceptors (Lipinski definition) is 4. The highest BCUT2D eigenvalue weighted by atomic mass is 16.5. The van der Waals surface area contributed by atoms with Crippen LogP contribution in [-0.2, 0) is 4.74 Å². The monoisotopic (exact) mass is 156 g/mol. The normalized spacial score (nSPS) is 41.0. The average Bonchev–Trinajstić information content (AvgIpc) is 2.31. The van der Waals surface area contributed by atoms with E-state index in [-0.39, 0.29) is 12.4 Å². The Morgan fingerprint density at radius 3 is 2.73 bits per heavy atom. The van der Waals surface area contributed by atoms with E-state index in [1.165, 1.54) is 0 Å². The van der Waals surface area contributed by atoms with E-state index >= 15 is 0 Å². The number of ether oxygens (including phenoxy) is 1. The lowest BCUT2D eigenvalue weighted by molar-refractivity contribution is -0.0749. The van der Waals surface area contributed by atoms with E-state index in [1.54, 1.807) is 0 Å². The van der Waals surface area contributed by atoms with Crippen LogP contribution in [0.1, 0.15) is 0 Å². The minimum Gasteiger partial charge on any atom is -0.493 e. The molecule has 1 aliphatic heterocycles. The zero-order chi connectivity index (χ0) is 8.48. The second kappa shape index (κ2) is 2.85. The molecular formula is C6H9BO4. The summed E-state index contributed by atoms with van der Waals surface area (Å²) >= 11 is 0. The van der Waals surface area contributed by atoms with Crippen molar-refractivity contribution in [3.63, 3.8) is 0 Å². The highest BCUT2D eigenvalue weighted by Gasteiger charge is 2.44. The molecule has 0 saturated carbocycles. The van der Waals surface area contributed by atoms with E-state index in [1.807, 2.05) is 0 Å². The molecule has 0 bridgehead atoms. The molecule has 1 aliphatic rings. The number of aliphatic hydroxyl groups is 3. The van der Waals surface area contributed by atoms with Crippen LogP contribution in [0.3, 0.4) is 0 Å². The smallest absolute Gasteiger partial charge is 0.154 e. The van der Waals surface area contributed by atoms with Crippen molar-refractivity contribution in [3.05, 3.63) is 11.7 Å². The van der Waals surface area contributed by atoms with Crippen LogP contribution in [0.15, 0.2) is 11.7 Å². The largest absolute Gasteiger partial charge is 0.493 e. The van der Waals surface area contributed by atoms with Gasteiger partial charge in [0.05, 0.1) is 6.61 Å². The van der Waals surface area contributed by atoms with Crippen molar-refractivity contribution < 1.29 is 20.1 Å². The van der Waals surface area contributed by atoms with E-state index in [0.29, 0.717) is 0 Å². The molecule has 5 heteroatoms. The minimum absolute atomic E-state index is 0.0987. The molecule has 2 unspecified atom stereocenters. The number of aliphatic hydroxyl groups excluding tert-OH is 2. The molecule has 1 heterocycles. The molecule has 1 fully saturated rings. The standard InChI is InChI=1S/C6H9BO4/c7-1-4-5(9)6(10,2-8)3-11-4/h1,5,8-10H,2-3H2/b4-1+. The van der Waals surface area contributed by atoms with Crippen molar-refractivity contribution in [2.75, 3.05) is 13.2 Å². The van der Waals surface area contributed by atoms with Crippen LogP contribution < -0.4 is 0 Å². The first-order chi connectivity index (χ1) is 5.14. The maximum Gasteiger partial charge on any atom is 0.154 e. The highest BCUT2D eigenvalue weighted by molar-refractivity contribution is 6.17. The van der Waals surface area contributed by atoms with Gasteiger partial charge in [-0.3, -0.25) is 0 Å². The Morgan fingerprint density at radius 2 is 2.45 bits per heavy atom. The zero-order valence-electron chi connectivity index (χ0n) is 5.90. The van der Waals surface area contributed by atoms with Gasteiger partial charge >= 0.3 is 0 Å². The lowest BCUT2D eigenvalue weighted by Gasteiger charge is -2.19. The summed E-state index contributed by atoms with van der Waals surface area (Å²) in [6, 6.07) is 0. The molecule has 2 radical (unpaired) electrons. The number of hydrogen-bond donors (Lipinski definition) is 3. The molecule has 60 valence electrons. The van der Waals surface area contributed by atoms with Gasteiger partial charge in [0.2, 0.25) is 0 Å². The Morgan fingerprint density at radius 1 is 1.82 bits per heavy atom. The summed E-state index contributed by atoms with van der Waals surface area (Å²) in [6.07, 6.45) is -1.22. The minimum atomic E-state index is -1.59. The van der Waals surface area contributed by atoms with Gasteiger partial charge in [0, 0.05) is 0 Å². The molecule has 0 aliphatic carbocycles. The maximum atomic E-state index is 9.35. The summed E-state index contributed by atoms with van der Waals surface area (Å²) in [6.45, 7) is -0.681. The quantitative estimate of drug-likeness (QED) is 0.388. The van der Waals surface area contributed by atoms with Crippen molar-refractivity contribution in [1.29, 1.82) is 0 Å². The SMILES string of the molecule is [B]/C=C1/OCC(O)(CO)C1O. The van der Waals surface area contributed by atoms with Gasteiger partial charge in [-0.1, -0.05) is 5.98 Å².